The van der Waals surface area contributed by atoms with Crippen LogP contribution in [0.5, 0.6) is 0 Å². The molecule has 0 aliphatic rings. The van der Waals surface area contributed by atoms with Crippen molar-refractivity contribution >= 4 is 11.9 Å². The molecule has 0 radical (unpaired) electrons. The summed E-state index contributed by atoms with van der Waals surface area (Å²) in [7, 11) is 0. The molecule has 0 fully saturated rings. The van der Waals surface area contributed by atoms with Crippen molar-refractivity contribution in [2.75, 3.05) is 6.61 Å². The van der Waals surface area contributed by atoms with E-state index in [0.717, 1.165) is 6.42 Å². The van der Waals surface area contributed by atoms with Crippen LogP contribution >= 0.6 is 0 Å². The van der Waals surface area contributed by atoms with Gasteiger partial charge in [0.25, 0.3) is 0 Å². The number of carboxylic acids is 1. The standard InChI is InChI=1S/C8H13F3O2.C5H10O2/c1-3-6(2)7(12)13-5-4-8(9,10)11;1-3-4(2)5(6)7/h6H,3-5H2,1-2H3;4H,3H2,1-2H3,(H,6,7). The molecule has 0 heterocycles. The van der Waals surface area contributed by atoms with Crippen molar-refractivity contribution in [2.24, 2.45) is 11.8 Å². The van der Waals surface area contributed by atoms with E-state index in [1.54, 1.807) is 20.8 Å². The van der Waals surface area contributed by atoms with Gasteiger partial charge in [0.2, 0.25) is 0 Å². The molecule has 0 saturated heterocycles. The highest BCUT2D eigenvalue weighted by molar-refractivity contribution is 5.71. The molecule has 0 aliphatic heterocycles. The second kappa shape index (κ2) is 10.5. The minimum Gasteiger partial charge on any atom is -0.481 e. The van der Waals surface area contributed by atoms with Crippen molar-refractivity contribution in [3.63, 3.8) is 0 Å². The molecule has 120 valence electrons. The van der Waals surface area contributed by atoms with Crippen LogP contribution in [0.15, 0.2) is 0 Å². The number of carbonyl (C=O) groups excluding carboxylic acids is 1. The quantitative estimate of drug-likeness (QED) is 0.761. The van der Waals surface area contributed by atoms with Crippen molar-refractivity contribution in [3.8, 4) is 0 Å². The van der Waals surface area contributed by atoms with Crippen molar-refractivity contribution < 1.29 is 32.6 Å². The summed E-state index contributed by atoms with van der Waals surface area (Å²) in [6.45, 7) is 6.37. The lowest BCUT2D eigenvalue weighted by Crippen LogP contribution is -2.18. The third-order valence-electron chi connectivity index (χ3n) is 2.68. The van der Waals surface area contributed by atoms with Crippen LogP contribution in [-0.4, -0.2) is 29.8 Å². The van der Waals surface area contributed by atoms with E-state index in [-0.39, 0.29) is 11.8 Å². The predicted molar refractivity (Wildman–Crippen MR) is 68.2 cm³/mol. The molecule has 0 saturated carbocycles. The van der Waals surface area contributed by atoms with Crippen LogP contribution in [0.25, 0.3) is 0 Å². The monoisotopic (exact) mass is 300 g/mol. The summed E-state index contributed by atoms with van der Waals surface area (Å²) < 4.78 is 39.2. The van der Waals surface area contributed by atoms with E-state index in [1.807, 2.05) is 6.92 Å². The molecule has 0 aromatic carbocycles. The summed E-state index contributed by atoms with van der Waals surface area (Å²) in [5.41, 5.74) is 0. The summed E-state index contributed by atoms with van der Waals surface area (Å²) in [5.74, 6) is -1.78. The van der Waals surface area contributed by atoms with Crippen molar-refractivity contribution in [1.29, 1.82) is 0 Å². The maximum atomic E-state index is 11.6. The highest BCUT2D eigenvalue weighted by Gasteiger charge is 2.27. The first kappa shape index (κ1) is 21.0. The van der Waals surface area contributed by atoms with Gasteiger partial charge in [0, 0.05) is 0 Å². The normalized spacial score (nSPS) is 13.8. The Labute approximate surface area is 117 Å². The van der Waals surface area contributed by atoms with Gasteiger partial charge in [-0.05, 0) is 12.8 Å². The zero-order chi connectivity index (χ0) is 16.3. The number of ether oxygens (including phenoxy) is 1. The fraction of sp³-hybridized carbons (Fsp3) is 0.846. The molecule has 0 bridgehead atoms. The Morgan fingerprint density at radius 3 is 1.80 bits per heavy atom. The number of aliphatic carboxylic acids is 1. The number of carboxylic acid groups (broad SMARTS) is 1. The Balaban J connectivity index is 0. The zero-order valence-electron chi connectivity index (χ0n) is 12.3. The van der Waals surface area contributed by atoms with Crippen molar-refractivity contribution in [3.05, 3.63) is 0 Å². The Morgan fingerprint density at radius 1 is 1.10 bits per heavy atom. The molecule has 20 heavy (non-hydrogen) atoms. The van der Waals surface area contributed by atoms with E-state index in [9.17, 15) is 22.8 Å². The van der Waals surface area contributed by atoms with Gasteiger partial charge in [-0.3, -0.25) is 9.59 Å². The summed E-state index contributed by atoms with van der Waals surface area (Å²) in [6, 6.07) is 0. The van der Waals surface area contributed by atoms with E-state index >= 15 is 0 Å². The van der Waals surface area contributed by atoms with Gasteiger partial charge in [0.05, 0.1) is 24.9 Å². The maximum absolute atomic E-state index is 11.6. The van der Waals surface area contributed by atoms with E-state index in [2.05, 4.69) is 4.74 Å². The van der Waals surface area contributed by atoms with Gasteiger partial charge in [-0.1, -0.05) is 27.7 Å². The summed E-state index contributed by atoms with van der Waals surface area (Å²) in [4.78, 5) is 20.8. The highest BCUT2D eigenvalue weighted by atomic mass is 19.4. The molecule has 2 unspecified atom stereocenters. The molecule has 0 aromatic heterocycles. The van der Waals surface area contributed by atoms with Gasteiger partial charge in [0.1, 0.15) is 0 Å². The molecule has 0 aromatic rings. The molecule has 0 aliphatic carbocycles. The number of halogens is 3. The summed E-state index contributed by atoms with van der Waals surface area (Å²) in [5, 5.41) is 8.18. The first-order chi connectivity index (χ1) is 9.05. The third kappa shape index (κ3) is 13.2. The average Bonchev–Trinajstić information content (AvgIpc) is 2.35. The molecule has 0 rings (SSSR count). The van der Waals surface area contributed by atoms with Crippen molar-refractivity contribution in [2.45, 2.75) is 53.1 Å². The van der Waals surface area contributed by atoms with Crippen LogP contribution in [0.3, 0.4) is 0 Å². The minimum atomic E-state index is -4.25. The van der Waals surface area contributed by atoms with Gasteiger partial charge in [0.15, 0.2) is 0 Å². The summed E-state index contributed by atoms with van der Waals surface area (Å²) >= 11 is 0. The lowest BCUT2D eigenvalue weighted by Gasteiger charge is -2.10. The SMILES string of the molecule is CCC(C)C(=O)O.CCC(C)C(=O)OCCC(F)(F)F. The van der Waals surface area contributed by atoms with Crippen LogP contribution in [0.1, 0.15) is 47.0 Å². The van der Waals surface area contributed by atoms with E-state index < -0.39 is 31.1 Å². The number of alkyl halides is 3. The molecule has 0 spiro atoms. The van der Waals surface area contributed by atoms with E-state index in [0.29, 0.717) is 6.42 Å². The Morgan fingerprint density at radius 2 is 1.55 bits per heavy atom. The van der Waals surface area contributed by atoms with Crippen LogP contribution in [-0.2, 0) is 14.3 Å². The lowest BCUT2D eigenvalue weighted by molar-refractivity contribution is -0.161. The number of hydrogen-bond acceptors (Lipinski definition) is 3. The molecule has 4 nitrogen and oxygen atoms in total. The largest absolute Gasteiger partial charge is 0.481 e. The fourth-order valence-corrected chi connectivity index (χ4v) is 0.751. The Hall–Kier alpha value is -1.27. The average molecular weight is 300 g/mol. The molecule has 2 atom stereocenters. The van der Waals surface area contributed by atoms with Crippen LogP contribution in [0.4, 0.5) is 13.2 Å². The molecule has 1 N–H and O–H groups in total. The van der Waals surface area contributed by atoms with E-state index in [1.165, 1.54) is 0 Å². The minimum absolute atomic E-state index is 0.181. The smallest absolute Gasteiger partial charge is 0.392 e. The van der Waals surface area contributed by atoms with Gasteiger partial charge in [-0.2, -0.15) is 13.2 Å². The Kier molecular flexibility index (Phi) is 11.1. The number of esters is 1. The predicted octanol–water partition coefficient (Wildman–Crippen LogP) is 3.65. The molecule has 0 amide bonds. The van der Waals surface area contributed by atoms with Gasteiger partial charge >= 0.3 is 18.1 Å². The highest BCUT2D eigenvalue weighted by Crippen LogP contribution is 2.19. The maximum Gasteiger partial charge on any atom is 0.392 e. The van der Waals surface area contributed by atoms with Crippen LogP contribution in [0.2, 0.25) is 0 Å². The molecular formula is C13H23F3O4. The third-order valence-corrected chi connectivity index (χ3v) is 2.68. The number of rotatable bonds is 6. The Bertz CT molecular complexity index is 290. The van der Waals surface area contributed by atoms with Crippen LogP contribution in [0, 0.1) is 11.8 Å². The molecule has 7 heteroatoms. The zero-order valence-corrected chi connectivity index (χ0v) is 12.3. The van der Waals surface area contributed by atoms with Crippen molar-refractivity contribution in [1.82, 2.24) is 0 Å². The topological polar surface area (TPSA) is 63.6 Å². The first-order valence-corrected chi connectivity index (χ1v) is 6.51. The summed E-state index contributed by atoms with van der Waals surface area (Å²) in [6.07, 6.45) is -4.04. The van der Waals surface area contributed by atoms with Gasteiger partial charge < -0.3 is 9.84 Å². The lowest BCUT2D eigenvalue weighted by atomic mass is 10.1. The second-order valence-corrected chi connectivity index (χ2v) is 4.49. The first-order valence-electron chi connectivity index (χ1n) is 6.51. The fourth-order valence-electron chi connectivity index (χ4n) is 0.751. The van der Waals surface area contributed by atoms with Gasteiger partial charge in [-0.25, -0.2) is 0 Å². The van der Waals surface area contributed by atoms with E-state index in [4.69, 9.17) is 5.11 Å². The number of hydrogen-bond donors (Lipinski definition) is 1. The molecular weight excluding hydrogens is 277 g/mol. The number of carbonyl (C=O) groups is 2. The van der Waals surface area contributed by atoms with Crippen LogP contribution < -0.4 is 0 Å². The second-order valence-electron chi connectivity index (χ2n) is 4.49. The van der Waals surface area contributed by atoms with Gasteiger partial charge in [-0.15, -0.1) is 0 Å².